The Hall–Kier alpha value is -2.99. The Bertz CT molecular complexity index is 937. The van der Waals surface area contributed by atoms with Crippen molar-refractivity contribution >= 4 is 23.8 Å². The zero-order valence-electron chi connectivity index (χ0n) is 14.5. The van der Waals surface area contributed by atoms with Crippen molar-refractivity contribution in [1.82, 2.24) is 9.66 Å². The number of imidazole rings is 1. The van der Waals surface area contributed by atoms with Crippen LogP contribution in [0, 0.1) is 6.92 Å². The Kier molecular flexibility index (Phi) is 5.43. The molecule has 0 amide bonds. The summed E-state index contributed by atoms with van der Waals surface area (Å²) in [5.74, 6) is 1.69. The van der Waals surface area contributed by atoms with Crippen LogP contribution in [0.25, 0.3) is 0 Å². The average molecular weight is 371 g/mol. The van der Waals surface area contributed by atoms with Gasteiger partial charge in [0.25, 0.3) is 0 Å². The van der Waals surface area contributed by atoms with Crippen molar-refractivity contribution in [1.29, 1.82) is 0 Å². The molecule has 2 aromatic carbocycles. The molecule has 1 heterocycles. The van der Waals surface area contributed by atoms with Crippen molar-refractivity contribution in [2.75, 3.05) is 12.8 Å². The van der Waals surface area contributed by atoms with Crippen LogP contribution in [0.5, 0.6) is 11.5 Å². The predicted molar refractivity (Wildman–Crippen MR) is 103 cm³/mol. The first-order valence-corrected chi connectivity index (χ1v) is 8.34. The molecule has 7 heteroatoms. The van der Waals surface area contributed by atoms with Gasteiger partial charge in [-0.2, -0.15) is 5.10 Å². The Balaban J connectivity index is 1.80. The van der Waals surface area contributed by atoms with E-state index in [1.54, 1.807) is 25.6 Å². The van der Waals surface area contributed by atoms with E-state index in [0.717, 1.165) is 22.6 Å². The second-order valence-electron chi connectivity index (χ2n) is 5.62. The molecule has 0 bridgehead atoms. The van der Waals surface area contributed by atoms with Crippen molar-refractivity contribution in [2.45, 2.75) is 13.5 Å². The normalized spacial score (nSPS) is 11.0. The Morgan fingerprint density at radius 3 is 2.73 bits per heavy atom. The monoisotopic (exact) mass is 370 g/mol. The fraction of sp³-hybridized carbons (Fsp3) is 0.158. The molecule has 0 fully saturated rings. The van der Waals surface area contributed by atoms with Gasteiger partial charge < -0.3 is 15.2 Å². The molecule has 0 radical (unpaired) electrons. The molecule has 0 saturated carbocycles. The van der Waals surface area contributed by atoms with E-state index in [1.807, 2.05) is 43.3 Å². The topological polar surface area (TPSA) is 74.7 Å². The third-order valence-corrected chi connectivity index (χ3v) is 4.00. The van der Waals surface area contributed by atoms with E-state index in [0.29, 0.717) is 23.3 Å². The highest BCUT2D eigenvalue weighted by Crippen LogP contribution is 2.26. The number of methoxy groups -OCH3 is 1. The molecule has 0 spiro atoms. The summed E-state index contributed by atoms with van der Waals surface area (Å²) in [5, 5.41) is 4.89. The van der Waals surface area contributed by atoms with Crippen LogP contribution in [-0.2, 0) is 6.61 Å². The molecule has 0 unspecified atom stereocenters. The number of halogens is 1. The number of aromatic nitrogens is 2. The van der Waals surface area contributed by atoms with Crippen molar-refractivity contribution in [3.8, 4) is 11.5 Å². The van der Waals surface area contributed by atoms with E-state index in [1.165, 1.54) is 4.68 Å². The lowest BCUT2D eigenvalue weighted by Gasteiger charge is -2.12. The molecule has 0 aliphatic heterocycles. The minimum Gasteiger partial charge on any atom is -0.496 e. The highest BCUT2D eigenvalue weighted by molar-refractivity contribution is 6.32. The molecule has 0 atom stereocenters. The molecule has 0 aliphatic rings. The number of benzene rings is 2. The third-order valence-electron chi connectivity index (χ3n) is 3.69. The molecule has 134 valence electrons. The highest BCUT2D eigenvalue weighted by Gasteiger charge is 2.07. The maximum Gasteiger partial charge on any atom is 0.221 e. The van der Waals surface area contributed by atoms with Gasteiger partial charge in [0.15, 0.2) is 0 Å². The number of hydrogen-bond donors (Lipinski definition) is 1. The van der Waals surface area contributed by atoms with Crippen molar-refractivity contribution < 1.29 is 9.47 Å². The van der Waals surface area contributed by atoms with E-state index in [9.17, 15) is 0 Å². The van der Waals surface area contributed by atoms with E-state index in [-0.39, 0.29) is 0 Å². The molecule has 0 saturated heterocycles. The number of rotatable bonds is 6. The van der Waals surface area contributed by atoms with Gasteiger partial charge in [0.05, 0.1) is 30.2 Å². The largest absolute Gasteiger partial charge is 0.496 e. The predicted octanol–water partition coefficient (Wildman–Crippen LogP) is 3.90. The summed E-state index contributed by atoms with van der Waals surface area (Å²) in [7, 11) is 1.62. The van der Waals surface area contributed by atoms with Crippen LogP contribution in [-0.4, -0.2) is 23.0 Å². The van der Waals surface area contributed by atoms with Gasteiger partial charge in [0, 0.05) is 5.56 Å². The Morgan fingerprint density at radius 2 is 2.04 bits per heavy atom. The summed E-state index contributed by atoms with van der Waals surface area (Å²) in [6, 6.07) is 13.1. The van der Waals surface area contributed by atoms with Crippen molar-refractivity contribution in [3.63, 3.8) is 0 Å². The van der Waals surface area contributed by atoms with Crippen LogP contribution >= 0.6 is 11.6 Å². The Morgan fingerprint density at radius 1 is 1.23 bits per heavy atom. The summed E-state index contributed by atoms with van der Waals surface area (Å²) in [4.78, 5) is 4.11. The summed E-state index contributed by atoms with van der Waals surface area (Å²) in [6.07, 6.45) is 3.46. The second kappa shape index (κ2) is 7.93. The number of nitrogens with zero attached hydrogens (tertiary/aromatic N) is 3. The lowest BCUT2D eigenvalue weighted by atomic mass is 10.1. The molecular weight excluding hydrogens is 352 g/mol. The maximum absolute atomic E-state index is 6.13. The van der Waals surface area contributed by atoms with Gasteiger partial charge in [0.1, 0.15) is 18.1 Å². The number of anilines is 1. The van der Waals surface area contributed by atoms with Gasteiger partial charge in [-0.3, -0.25) is 0 Å². The number of aryl methyl sites for hydroxylation is 1. The van der Waals surface area contributed by atoms with Crippen LogP contribution in [0.2, 0.25) is 5.02 Å². The first kappa shape index (κ1) is 17.8. The number of nitrogen functional groups attached to an aromatic ring is 1. The fourth-order valence-electron chi connectivity index (χ4n) is 2.43. The van der Waals surface area contributed by atoms with E-state index < -0.39 is 0 Å². The summed E-state index contributed by atoms with van der Waals surface area (Å²) in [5.41, 5.74) is 8.37. The SMILES string of the molecule is COc1ccc(C=Nn2cc(C)nc2N)cc1COc1ccccc1Cl. The number of hydrogen-bond acceptors (Lipinski definition) is 5. The highest BCUT2D eigenvalue weighted by atomic mass is 35.5. The lowest BCUT2D eigenvalue weighted by molar-refractivity contribution is 0.297. The van der Waals surface area contributed by atoms with Gasteiger partial charge >= 0.3 is 0 Å². The average Bonchev–Trinajstić information content (AvgIpc) is 2.96. The molecule has 3 aromatic rings. The van der Waals surface area contributed by atoms with Gasteiger partial charge in [-0.15, -0.1) is 0 Å². The number of ether oxygens (including phenoxy) is 2. The molecule has 26 heavy (non-hydrogen) atoms. The van der Waals surface area contributed by atoms with Gasteiger partial charge in [0.2, 0.25) is 5.95 Å². The standard InChI is InChI=1S/C19H19ClN4O2/c1-13-11-24(19(21)23-13)22-10-14-7-8-17(25-2)15(9-14)12-26-18-6-4-3-5-16(18)20/h3-11H,12H2,1-2H3,(H2,21,23). The second-order valence-corrected chi connectivity index (χ2v) is 6.03. The smallest absolute Gasteiger partial charge is 0.221 e. The van der Waals surface area contributed by atoms with E-state index in [2.05, 4.69) is 10.1 Å². The molecule has 6 nitrogen and oxygen atoms in total. The van der Waals surface area contributed by atoms with Crippen LogP contribution in [0.3, 0.4) is 0 Å². The fourth-order valence-corrected chi connectivity index (χ4v) is 2.62. The zero-order valence-corrected chi connectivity index (χ0v) is 15.3. The molecule has 3 rings (SSSR count). The van der Waals surface area contributed by atoms with Crippen LogP contribution in [0.4, 0.5) is 5.95 Å². The molecule has 2 N–H and O–H groups in total. The van der Waals surface area contributed by atoms with Gasteiger partial charge in [-0.1, -0.05) is 23.7 Å². The molecular formula is C19H19ClN4O2. The first-order chi connectivity index (χ1) is 12.6. The number of nitrogens with two attached hydrogens (primary N) is 1. The Labute approximate surface area is 156 Å². The van der Waals surface area contributed by atoms with Gasteiger partial charge in [-0.25, -0.2) is 9.66 Å². The summed E-state index contributed by atoms with van der Waals surface area (Å²) < 4.78 is 12.8. The zero-order chi connectivity index (χ0) is 18.5. The quantitative estimate of drug-likeness (QED) is 0.668. The van der Waals surface area contributed by atoms with E-state index >= 15 is 0 Å². The lowest BCUT2D eigenvalue weighted by Crippen LogP contribution is -2.01. The number of para-hydroxylation sites is 1. The third kappa shape index (κ3) is 4.15. The minimum atomic E-state index is 0.320. The van der Waals surface area contributed by atoms with Crippen molar-refractivity contribution in [2.24, 2.45) is 5.10 Å². The molecule has 1 aromatic heterocycles. The minimum absolute atomic E-state index is 0.320. The maximum atomic E-state index is 6.13. The molecule has 0 aliphatic carbocycles. The summed E-state index contributed by atoms with van der Waals surface area (Å²) in [6.45, 7) is 2.18. The summed E-state index contributed by atoms with van der Waals surface area (Å²) >= 11 is 6.13. The van der Waals surface area contributed by atoms with Gasteiger partial charge in [-0.05, 0) is 42.8 Å². The van der Waals surface area contributed by atoms with Crippen LogP contribution in [0.1, 0.15) is 16.8 Å². The van der Waals surface area contributed by atoms with Crippen LogP contribution in [0.15, 0.2) is 53.8 Å². The van der Waals surface area contributed by atoms with Crippen molar-refractivity contribution in [3.05, 3.63) is 70.5 Å². The first-order valence-electron chi connectivity index (χ1n) is 7.97. The van der Waals surface area contributed by atoms with Crippen LogP contribution < -0.4 is 15.2 Å². The van der Waals surface area contributed by atoms with E-state index in [4.69, 9.17) is 26.8 Å².